The Bertz CT molecular complexity index is 539. The number of amides is 2. The van der Waals surface area contributed by atoms with Gasteiger partial charge in [-0.1, -0.05) is 0 Å². The molecule has 0 saturated carbocycles. The van der Waals surface area contributed by atoms with E-state index in [1.54, 1.807) is 34.3 Å². The highest BCUT2D eigenvalue weighted by molar-refractivity contribution is 5.94. The summed E-state index contributed by atoms with van der Waals surface area (Å²) in [6, 6.07) is 3.35. The number of methoxy groups -OCH3 is 1. The van der Waals surface area contributed by atoms with Crippen LogP contribution in [0.1, 0.15) is 23.2 Å². The highest BCUT2D eigenvalue weighted by atomic mass is 16.5. The third-order valence-corrected chi connectivity index (χ3v) is 3.62. The Morgan fingerprint density at radius 2 is 1.64 bits per heavy atom. The summed E-state index contributed by atoms with van der Waals surface area (Å²) in [4.78, 5) is 42.6. The van der Waals surface area contributed by atoms with Gasteiger partial charge in [-0.3, -0.25) is 19.4 Å². The van der Waals surface area contributed by atoms with E-state index in [9.17, 15) is 14.4 Å². The van der Waals surface area contributed by atoms with E-state index in [1.807, 2.05) is 0 Å². The standard InChI is InChI=1S/C15H19N3O4/c1-22-14(20)3-2-13(19)17-8-10-18(11-9-17)15(21)12-4-6-16-7-5-12/h4-7H,2-3,8-11H2,1H3. The smallest absolute Gasteiger partial charge is 0.306 e. The molecule has 0 aliphatic carbocycles. The van der Waals surface area contributed by atoms with Crippen molar-refractivity contribution >= 4 is 17.8 Å². The first kappa shape index (κ1) is 15.9. The molecule has 0 atom stereocenters. The van der Waals surface area contributed by atoms with Gasteiger partial charge in [-0.25, -0.2) is 0 Å². The van der Waals surface area contributed by atoms with Crippen molar-refractivity contribution in [3.8, 4) is 0 Å². The van der Waals surface area contributed by atoms with Gasteiger partial charge in [0.2, 0.25) is 5.91 Å². The van der Waals surface area contributed by atoms with E-state index in [0.29, 0.717) is 31.7 Å². The number of hydrogen-bond donors (Lipinski definition) is 0. The lowest BCUT2D eigenvalue weighted by Gasteiger charge is -2.34. The topological polar surface area (TPSA) is 79.8 Å². The van der Waals surface area contributed by atoms with Crippen LogP contribution in [0.2, 0.25) is 0 Å². The molecule has 0 unspecified atom stereocenters. The zero-order valence-electron chi connectivity index (χ0n) is 12.5. The molecule has 2 amide bonds. The lowest BCUT2D eigenvalue weighted by molar-refractivity contribution is -0.143. The monoisotopic (exact) mass is 305 g/mol. The number of pyridine rings is 1. The molecule has 7 nitrogen and oxygen atoms in total. The maximum atomic E-state index is 12.3. The van der Waals surface area contributed by atoms with E-state index in [2.05, 4.69) is 9.72 Å². The Kier molecular flexibility index (Phi) is 5.46. The zero-order valence-corrected chi connectivity index (χ0v) is 12.5. The Morgan fingerprint density at radius 3 is 2.23 bits per heavy atom. The van der Waals surface area contributed by atoms with Crippen LogP contribution in [0, 0.1) is 0 Å². The summed E-state index contributed by atoms with van der Waals surface area (Å²) in [6.07, 6.45) is 3.40. The minimum absolute atomic E-state index is 0.0518. The van der Waals surface area contributed by atoms with Gasteiger partial charge in [0, 0.05) is 50.6 Å². The van der Waals surface area contributed by atoms with E-state index in [-0.39, 0.29) is 30.6 Å². The van der Waals surface area contributed by atoms with Gasteiger partial charge >= 0.3 is 5.97 Å². The van der Waals surface area contributed by atoms with E-state index in [1.165, 1.54) is 7.11 Å². The van der Waals surface area contributed by atoms with Crippen LogP contribution in [-0.4, -0.2) is 65.9 Å². The van der Waals surface area contributed by atoms with Crippen LogP contribution < -0.4 is 0 Å². The highest BCUT2D eigenvalue weighted by Gasteiger charge is 2.24. The zero-order chi connectivity index (χ0) is 15.9. The summed E-state index contributed by atoms with van der Waals surface area (Å²) in [5, 5.41) is 0. The Balaban J connectivity index is 1.81. The second-order valence-corrected chi connectivity index (χ2v) is 4.99. The third-order valence-electron chi connectivity index (χ3n) is 3.62. The Hall–Kier alpha value is -2.44. The second-order valence-electron chi connectivity index (χ2n) is 4.99. The highest BCUT2D eigenvalue weighted by Crippen LogP contribution is 2.09. The number of carbonyl (C=O) groups excluding carboxylic acids is 3. The summed E-state index contributed by atoms with van der Waals surface area (Å²) in [6.45, 7) is 1.95. The first-order chi connectivity index (χ1) is 10.6. The van der Waals surface area contributed by atoms with Crippen molar-refractivity contribution < 1.29 is 19.1 Å². The van der Waals surface area contributed by atoms with Crippen LogP contribution in [-0.2, 0) is 14.3 Å². The molecule has 0 spiro atoms. The first-order valence-corrected chi connectivity index (χ1v) is 7.15. The van der Waals surface area contributed by atoms with Crippen LogP contribution in [0.15, 0.2) is 24.5 Å². The average molecular weight is 305 g/mol. The molecule has 0 bridgehead atoms. The van der Waals surface area contributed by atoms with Crippen LogP contribution >= 0.6 is 0 Å². The van der Waals surface area contributed by atoms with Crippen molar-refractivity contribution in [3.63, 3.8) is 0 Å². The predicted octanol–water partition coefficient (Wildman–Crippen LogP) is 0.319. The molecule has 118 valence electrons. The molecule has 1 aromatic heterocycles. The molecule has 2 heterocycles. The van der Waals surface area contributed by atoms with Gasteiger partial charge in [-0.15, -0.1) is 0 Å². The lowest BCUT2D eigenvalue weighted by Crippen LogP contribution is -2.50. The van der Waals surface area contributed by atoms with Gasteiger partial charge in [0.05, 0.1) is 13.5 Å². The van der Waals surface area contributed by atoms with E-state index in [4.69, 9.17) is 0 Å². The molecular formula is C15H19N3O4. The van der Waals surface area contributed by atoms with Crippen molar-refractivity contribution in [2.45, 2.75) is 12.8 Å². The number of rotatable bonds is 4. The van der Waals surface area contributed by atoms with Crippen LogP contribution in [0.25, 0.3) is 0 Å². The van der Waals surface area contributed by atoms with Crippen molar-refractivity contribution in [1.82, 2.24) is 14.8 Å². The fraction of sp³-hybridized carbons (Fsp3) is 0.467. The maximum absolute atomic E-state index is 12.3. The van der Waals surface area contributed by atoms with Gasteiger partial charge in [0.15, 0.2) is 0 Å². The molecule has 7 heteroatoms. The molecule has 0 N–H and O–H groups in total. The van der Waals surface area contributed by atoms with Crippen molar-refractivity contribution in [3.05, 3.63) is 30.1 Å². The van der Waals surface area contributed by atoms with Gasteiger partial charge in [-0.2, -0.15) is 0 Å². The lowest BCUT2D eigenvalue weighted by atomic mass is 10.2. The van der Waals surface area contributed by atoms with E-state index >= 15 is 0 Å². The van der Waals surface area contributed by atoms with Gasteiger partial charge < -0.3 is 14.5 Å². The van der Waals surface area contributed by atoms with Crippen molar-refractivity contribution in [2.24, 2.45) is 0 Å². The summed E-state index contributed by atoms with van der Waals surface area (Å²) in [5.74, 6) is -0.523. The Morgan fingerprint density at radius 1 is 1.05 bits per heavy atom. The molecule has 1 saturated heterocycles. The minimum atomic E-state index is -0.389. The molecule has 1 fully saturated rings. The predicted molar refractivity (Wildman–Crippen MR) is 78.0 cm³/mol. The van der Waals surface area contributed by atoms with Gasteiger partial charge in [-0.05, 0) is 12.1 Å². The van der Waals surface area contributed by atoms with Crippen molar-refractivity contribution in [1.29, 1.82) is 0 Å². The molecule has 0 radical (unpaired) electrons. The molecule has 2 rings (SSSR count). The number of carbonyl (C=O) groups is 3. The molecule has 0 aromatic carbocycles. The summed E-state index contributed by atoms with van der Waals surface area (Å²) >= 11 is 0. The number of ether oxygens (including phenoxy) is 1. The molecule has 1 aliphatic heterocycles. The maximum Gasteiger partial charge on any atom is 0.306 e. The molecule has 1 aliphatic rings. The number of aromatic nitrogens is 1. The number of piperazine rings is 1. The van der Waals surface area contributed by atoms with E-state index in [0.717, 1.165) is 0 Å². The molecular weight excluding hydrogens is 286 g/mol. The minimum Gasteiger partial charge on any atom is -0.469 e. The summed E-state index contributed by atoms with van der Waals surface area (Å²) in [7, 11) is 1.30. The van der Waals surface area contributed by atoms with Crippen molar-refractivity contribution in [2.75, 3.05) is 33.3 Å². The Labute approximate surface area is 128 Å². The number of esters is 1. The van der Waals surface area contributed by atoms with Crippen LogP contribution in [0.4, 0.5) is 0 Å². The number of nitrogens with zero attached hydrogens (tertiary/aromatic N) is 3. The fourth-order valence-corrected chi connectivity index (χ4v) is 2.31. The fourth-order valence-electron chi connectivity index (χ4n) is 2.31. The molecule has 22 heavy (non-hydrogen) atoms. The normalized spacial score (nSPS) is 14.6. The van der Waals surface area contributed by atoms with Crippen LogP contribution in [0.3, 0.4) is 0 Å². The third kappa shape index (κ3) is 4.03. The first-order valence-electron chi connectivity index (χ1n) is 7.15. The van der Waals surface area contributed by atoms with E-state index < -0.39 is 0 Å². The SMILES string of the molecule is COC(=O)CCC(=O)N1CCN(C(=O)c2ccncc2)CC1. The summed E-state index contributed by atoms with van der Waals surface area (Å²) < 4.78 is 4.52. The average Bonchev–Trinajstić information content (AvgIpc) is 2.59. The quantitative estimate of drug-likeness (QED) is 0.748. The second kappa shape index (κ2) is 7.53. The van der Waals surface area contributed by atoms with Crippen LogP contribution in [0.5, 0.6) is 0 Å². The van der Waals surface area contributed by atoms with Gasteiger partial charge in [0.25, 0.3) is 5.91 Å². The molecule has 1 aromatic rings. The van der Waals surface area contributed by atoms with Gasteiger partial charge in [0.1, 0.15) is 0 Å². The summed E-state index contributed by atoms with van der Waals surface area (Å²) in [5.41, 5.74) is 0.598. The largest absolute Gasteiger partial charge is 0.469 e. The number of hydrogen-bond acceptors (Lipinski definition) is 5.